The van der Waals surface area contributed by atoms with Crippen LogP contribution in [0.25, 0.3) is 0 Å². The first-order valence-electron chi connectivity index (χ1n) is 6.28. The smallest absolute Gasteiger partial charge is 0.279 e. The molecule has 1 heterocycles. The number of aryl methyl sites for hydroxylation is 1. The van der Waals surface area contributed by atoms with Crippen molar-refractivity contribution in [1.82, 2.24) is 0 Å². The van der Waals surface area contributed by atoms with Crippen LogP contribution < -0.4 is 4.90 Å². The zero-order valence-electron chi connectivity index (χ0n) is 11.2. The first-order chi connectivity index (χ1) is 9.60. The summed E-state index contributed by atoms with van der Waals surface area (Å²) < 4.78 is 21.2. The van der Waals surface area contributed by atoms with Crippen molar-refractivity contribution in [3.63, 3.8) is 0 Å². The number of anilines is 1. The maximum absolute atomic E-state index is 12.4. The molecule has 8 heteroatoms. The molecule has 1 saturated heterocycles. The Morgan fingerprint density at radius 1 is 1.24 bits per heavy atom. The van der Waals surface area contributed by atoms with Crippen molar-refractivity contribution in [1.29, 1.82) is 0 Å². The predicted octanol–water partition coefficient (Wildman–Crippen LogP) is 2.89. The van der Waals surface area contributed by atoms with Gasteiger partial charge in [-0.2, -0.15) is 0 Å². The van der Waals surface area contributed by atoms with Gasteiger partial charge >= 0.3 is 0 Å². The lowest BCUT2D eigenvalue weighted by Gasteiger charge is -2.31. The van der Waals surface area contributed by atoms with Gasteiger partial charge in [0.1, 0.15) is 0 Å². The Bertz CT molecular complexity index is 638. The summed E-state index contributed by atoms with van der Waals surface area (Å²) in [6.07, 6.45) is 0.336. The van der Waals surface area contributed by atoms with Crippen LogP contribution in [0.3, 0.4) is 0 Å². The molecule has 21 heavy (non-hydrogen) atoms. The average Bonchev–Trinajstić information content (AvgIpc) is 2.71. The monoisotopic (exact) mass is 369 g/mol. The molecule has 0 aromatic heterocycles. The fraction of sp³-hybridized carbons (Fsp3) is 0.462. The molecule has 0 spiro atoms. The minimum absolute atomic E-state index is 0.0349. The second kappa shape index (κ2) is 5.95. The zero-order valence-corrected chi connectivity index (χ0v) is 14.3. The number of rotatable bonds is 2. The maximum atomic E-state index is 12.4. The molecule has 0 bridgehead atoms. The molecule has 0 N–H and O–H groups in total. The van der Waals surface area contributed by atoms with Gasteiger partial charge in [-0.3, -0.25) is 4.79 Å². The molecule has 0 unspecified atom stereocenters. The third-order valence-corrected chi connectivity index (χ3v) is 5.58. The van der Waals surface area contributed by atoms with Crippen LogP contribution in [0.1, 0.15) is 12.0 Å². The quantitative estimate of drug-likeness (QED) is 0.752. The van der Waals surface area contributed by atoms with Crippen molar-refractivity contribution < 1.29 is 13.2 Å². The van der Waals surface area contributed by atoms with Gasteiger partial charge in [0.2, 0.25) is 0 Å². The van der Waals surface area contributed by atoms with E-state index in [2.05, 4.69) is 0 Å². The van der Waals surface area contributed by atoms with Crippen molar-refractivity contribution in [3.8, 4) is 0 Å². The molecular formula is C13H14Cl3NO3S. The van der Waals surface area contributed by atoms with Gasteiger partial charge in [-0.05, 0) is 25.5 Å². The highest BCUT2D eigenvalue weighted by atomic mass is 35.6. The van der Waals surface area contributed by atoms with Crippen LogP contribution >= 0.6 is 34.8 Å². The van der Waals surface area contributed by atoms with Gasteiger partial charge in [0.15, 0.2) is 9.84 Å². The normalized spacial score (nSPS) is 21.2. The number of sulfone groups is 1. The van der Waals surface area contributed by atoms with E-state index in [9.17, 15) is 13.2 Å². The number of nitrogens with zero attached hydrogens (tertiary/aromatic N) is 1. The summed E-state index contributed by atoms with van der Waals surface area (Å²) >= 11 is 17.1. The Hall–Kier alpha value is -0.490. The molecule has 1 atom stereocenters. The predicted molar refractivity (Wildman–Crippen MR) is 86.0 cm³/mol. The number of hydrogen-bond acceptors (Lipinski definition) is 3. The van der Waals surface area contributed by atoms with E-state index >= 15 is 0 Å². The zero-order chi connectivity index (χ0) is 15.8. The van der Waals surface area contributed by atoms with E-state index in [1.54, 1.807) is 12.1 Å². The lowest BCUT2D eigenvalue weighted by Crippen LogP contribution is -2.47. The minimum atomic E-state index is -3.16. The Balaban J connectivity index is 2.40. The molecule has 4 nitrogen and oxygen atoms in total. The SMILES string of the molecule is Cc1ccc(N(C(=O)C(Cl)(Cl)Cl)[C@H]2CCS(=O)(=O)C2)cc1. The van der Waals surface area contributed by atoms with E-state index in [4.69, 9.17) is 34.8 Å². The van der Waals surface area contributed by atoms with Gasteiger partial charge in [-0.15, -0.1) is 0 Å². The van der Waals surface area contributed by atoms with Crippen LogP contribution in [-0.2, 0) is 14.6 Å². The van der Waals surface area contributed by atoms with Crippen molar-refractivity contribution in [3.05, 3.63) is 29.8 Å². The average molecular weight is 371 g/mol. The fourth-order valence-corrected chi connectivity index (χ4v) is 4.29. The topological polar surface area (TPSA) is 54.5 Å². The number of carbonyl (C=O) groups is 1. The molecule has 1 fully saturated rings. The number of halogens is 3. The third-order valence-electron chi connectivity index (χ3n) is 3.35. The Morgan fingerprint density at radius 2 is 1.81 bits per heavy atom. The molecule has 2 rings (SSSR count). The Kier molecular flexibility index (Phi) is 4.78. The Morgan fingerprint density at radius 3 is 2.24 bits per heavy atom. The van der Waals surface area contributed by atoms with E-state index in [0.717, 1.165) is 5.56 Å². The summed E-state index contributed by atoms with van der Waals surface area (Å²) in [5.41, 5.74) is 1.54. The van der Waals surface area contributed by atoms with Crippen molar-refractivity contribution in [2.45, 2.75) is 23.2 Å². The first kappa shape index (κ1) is 16.9. The summed E-state index contributed by atoms with van der Waals surface area (Å²) in [7, 11) is -3.16. The fourth-order valence-electron chi connectivity index (χ4n) is 2.31. The second-order valence-electron chi connectivity index (χ2n) is 5.07. The minimum Gasteiger partial charge on any atom is -0.305 e. The number of alkyl halides is 3. The molecule has 1 aromatic carbocycles. The van der Waals surface area contributed by atoms with E-state index in [0.29, 0.717) is 12.1 Å². The Labute approximate surface area is 138 Å². The second-order valence-corrected chi connectivity index (χ2v) is 9.58. The third kappa shape index (κ3) is 4.03. The van der Waals surface area contributed by atoms with E-state index in [1.165, 1.54) is 4.90 Å². The summed E-state index contributed by atoms with van der Waals surface area (Å²) in [6.45, 7) is 1.91. The molecular weight excluding hydrogens is 357 g/mol. The van der Waals surface area contributed by atoms with E-state index < -0.39 is 25.6 Å². The van der Waals surface area contributed by atoms with E-state index in [-0.39, 0.29) is 11.5 Å². The van der Waals surface area contributed by atoms with Crippen molar-refractivity contribution in [2.24, 2.45) is 0 Å². The van der Waals surface area contributed by atoms with Crippen LogP contribution in [0.5, 0.6) is 0 Å². The van der Waals surface area contributed by atoms with Crippen LogP contribution in [-0.4, -0.2) is 35.7 Å². The highest BCUT2D eigenvalue weighted by Crippen LogP contribution is 2.34. The number of hydrogen-bond donors (Lipinski definition) is 0. The van der Waals surface area contributed by atoms with Crippen molar-refractivity contribution >= 4 is 56.2 Å². The van der Waals surface area contributed by atoms with Gasteiger partial charge in [0.25, 0.3) is 9.70 Å². The molecule has 0 radical (unpaired) electrons. The molecule has 1 aromatic rings. The van der Waals surface area contributed by atoms with Gasteiger partial charge in [-0.1, -0.05) is 52.5 Å². The number of carbonyl (C=O) groups excluding carboxylic acids is 1. The summed E-state index contributed by atoms with van der Waals surface area (Å²) in [5.74, 6) is -0.820. The lowest BCUT2D eigenvalue weighted by atomic mass is 10.1. The highest BCUT2D eigenvalue weighted by Gasteiger charge is 2.42. The van der Waals surface area contributed by atoms with Crippen LogP contribution in [0, 0.1) is 6.92 Å². The van der Waals surface area contributed by atoms with Gasteiger partial charge < -0.3 is 4.90 Å². The highest BCUT2D eigenvalue weighted by molar-refractivity contribution is 7.91. The molecule has 1 amide bonds. The van der Waals surface area contributed by atoms with Crippen LogP contribution in [0.2, 0.25) is 0 Å². The largest absolute Gasteiger partial charge is 0.305 e. The lowest BCUT2D eigenvalue weighted by molar-refractivity contribution is -0.118. The van der Waals surface area contributed by atoms with Crippen LogP contribution in [0.15, 0.2) is 24.3 Å². The maximum Gasteiger partial charge on any atom is 0.279 e. The molecule has 0 aliphatic carbocycles. The standard InChI is InChI=1S/C13H14Cl3NO3S/c1-9-2-4-10(5-3-9)17(12(18)13(14,15)16)11-6-7-21(19,20)8-11/h2-5,11H,6-8H2,1H3/t11-/m0/s1. The summed E-state index contributed by atoms with van der Waals surface area (Å²) in [4.78, 5) is 13.7. The van der Waals surface area contributed by atoms with Crippen LogP contribution in [0.4, 0.5) is 5.69 Å². The number of benzene rings is 1. The van der Waals surface area contributed by atoms with Gasteiger partial charge in [0, 0.05) is 5.69 Å². The molecule has 1 aliphatic heterocycles. The van der Waals surface area contributed by atoms with Gasteiger partial charge in [0.05, 0.1) is 17.5 Å². The van der Waals surface area contributed by atoms with Crippen molar-refractivity contribution in [2.75, 3.05) is 16.4 Å². The summed E-state index contributed by atoms with van der Waals surface area (Å²) in [5, 5.41) is 0. The number of amides is 1. The van der Waals surface area contributed by atoms with E-state index in [1.807, 2.05) is 19.1 Å². The molecule has 116 valence electrons. The first-order valence-corrected chi connectivity index (χ1v) is 9.23. The molecule has 1 aliphatic rings. The summed E-state index contributed by atoms with van der Waals surface area (Å²) in [6, 6.07) is 6.55. The van der Waals surface area contributed by atoms with Gasteiger partial charge in [-0.25, -0.2) is 8.42 Å². The molecule has 0 saturated carbocycles.